The minimum atomic E-state index is -0.794. The van der Waals surface area contributed by atoms with E-state index < -0.39 is 5.60 Å². The Balaban J connectivity index is 2.54. The Morgan fingerprint density at radius 2 is 2.07 bits per heavy atom. The Hall–Kier alpha value is -1.55. The van der Waals surface area contributed by atoms with Crippen molar-refractivity contribution in [1.82, 2.24) is 9.55 Å². The van der Waals surface area contributed by atoms with Gasteiger partial charge in [-0.15, -0.1) is 0 Å². The van der Waals surface area contributed by atoms with Gasteiger partial charge in [-0.2, -0.15) is 0 Å². The zero-order chi connectivity index (χ0) is 11.1. The molecule has 0 unspecified atom stereocenters. The fourth-order valence-electron chi connectivity index (χ4n) is 1.65. The van der Waals surface area contributed by atoms with Crippen LogP contribution < -0.4 is 5.73 Å². The first-order valence-corrected chi connectivity index (χ1v) is 4.90. The highest BCUT2D eigenvalue weighted by Crippen LogP contribution is 2.19. The largest absolute Gasteiger partial charge is 0.389 e. The van der Waals surface area contributed by atoms with Gasteiger partial charge in [-0.25, -0.2) is 4.98 Å². The average Bonchev–Trinajstić information content (AvgIpc) is 2.41. The van der Waals surface area contributed by atoms with Gasteiger partial charge in [0.15, 0.2) is 0 Å². The minimum absolute atomic E-state index is 0.443. The third-order valence-electron chi connectivity index (χ3n) is 2.23. The van der Waals surface area contributed by atoms with Crippen LogP contribution in [0.4, 0.5) is 5.95 Å². The Morgan fingerprint density at radius 3 is 2.73 bits per heavy atom. The van der Waals surface area contributed by atoms with Crippen LogP contribution in [0.25, 0.3) is 11.0 Å². The van der Waals surface area contributed by atoms with Crippen molar-refractivity contribution in [3.63, 3.8) is 0 Å². The van der Waals surface area contributed by atoms with Crippen molar-refractivity contribution in [2.24, 2.45) is 0 Å². The lowest BCUT2D eigenvalue weighted by Crippen LogP contribution is -2.26. The van der Waals surface area contributed by atoms with E-state index in [1.54, 1.807) is 13.8 Å². The molecule has 4 heteroatoms. The lowest BCUT2D eigenvalue weighted by atomic mass is 10.1. The molecule has 0 saturated carbocycles. The molecule has 0 bridgehead atoms. The summed E-state index contributed by atoms with van der Waals surface area (Å²) in [6.45, 7) is 3.95. The van der Waals surface area contributed by atoms with E-state index in [0.717, 1.165) is 11.0 Å². The molecule has 1 aromatic heterocycles. The molecule has 80 valence electrons. The molecule has 2 aromatic rings. The van der Waals surface area contributed by atoms with E-state index in [9.17, 15) is 5.11 Å². The zero-order valence-corrected chi connectivity index (χ0v) is 8.94. The third-order valence-corrected chi connectivity index (χ3v) is 2.23. The molecule has 15 heavy (non-hydrogen) atoms. The fraction of sp³-hybridized carbons (Fsp3) is 0.364. The molecule has 2 rings (SSSR count). The smallest absolute Gasteiger partial charge is 0.201 e. The lowest BCUT2D eigenvalue weighted by molar-refractivity contribution is 0.0633. The summed E-state index contributed by atoms with van der Waals surface area (Å²) in [4.78, 5) is 4.23. The van der Waals surface area contributed by atoms with Crippen molar-refractivity contribution < 1.29 is 5.11 Å². The molecule has 3 N–H and O–H groups in total. The highest BCUT2D eigenvalue weighted by atomic mass is 16.3. The van der Waals surface area contributed by atoms with E-state index in [1.165, 1.54) is 0 Å². The van der Waals surface area contributed by atoms with Crippen LogP contribution in [0.3, 0.4) is 0 Å². The van der Waals surface area contributed by atoms with E-state index in [2.05, 4.69) is 4.98 Å². The minimum Gasteiger partial charge on any atom is -0.389 e. The van der Waals surface area contributed by atoms with E-state index in [1.807, 2.05) is 28.8 Å². The molecule has 0 radical (unpaired) electrons. The van der Waals surface area contributed by atoms with Crippen molar-refractivity contribution in [3.8, 4) is 0 Å². The quantitative estimate of drug-likeness (QED) is 0.778. The number of fused-ring (bicyclic) bond motifs is 1. The van der Waals surface area contributed by atoms with Crippen LogP contribution in [-0.2, 0) is 6.54 Å². The molecule has 0 atom stereocenters. The number of rotatable bonds is 2. The summed E-state index contributed by atoms with van der Waals surface area (Å²) in [6.07, 6.45) is 0. The second-order valence-corrected chi connectivity index (χ2v) is 4.36. The topological polar surface area (TPSA) is 64.1 Å². The standard InChI is InChI=1S/C11H15N3O/c1-11(2,15)7-14-9-6-4-3-5-8(9)13-10(14)12/h3-6,15H,7H2,1-2H3,(H2,12,13). The Labute approximate surface area is 88.3 Å². The molecule has 0 aliphatic heterocycles. The van der Waals surface area contributed by atoms with Crippen LogP contribution in [0, 0.1) is 0 Å². The molecular formula is C11H15N3O. The summed E-state index contributed by atoms with van der Waals surface area (Å²) in [5, 5.41) is 9.77. The van der Waals surface area contributed by atoms with Crippen molar-refractivity contribution in [3.05, 3.63) is 24.3 Å². The zero-order valence-electron chi connectivity index (χ0n) is 8.94. The average molecular weight is 205 g/mol. The van der Waals surface area contributed by atoms with Gasteiger partial charge in [0, 0.05) is 0 Å². The number of aliphatic hydroxyl groups is 1. The summed E-state index contributed by atoms with van der Waals surface area (Å²) >= 11 is 0. The Bertz CT molecular complexity index is 482. The molecule has 1 aromatic carbocycles. The molecule has 0 spiro atoms. The van der Waals surface area contributed by atoms with Crippen molar-refractivity contribution in [2.75, 3.05) is 5.73 Å². The molecule has 4 nitrogen and oxygen atoms in total. The van der Waals surface area contributed by atoms with Crippen LogP contribution in [0.15, 0.2) is 24.3 Å². The van der Waals surface area contributed by atoms with Gasteiger partial charge >= 0.3 is 0 Å². The summed E-state index contributed by atoms with van der Waals surface area (Å²) in [5.41, 5.74) is 6.82. The van der Waals surface area contributed by atoms with Gasteiger partial charge in [-0.05, 0) is 26.0 Å². The summed E-state index contributed by atoms with van der Waals surface area (Å²) in [7, 11) is 0. The first-order valence-electron chi connectivity index (χ1n) is 4.90. The van der Waals surface area contributed by atoms with E-state index in [0.29, 0.717) is 12.5 Å². The Morgan fingerprint density at radius 1 is 1.40 bits per heavy atom. The van der Waals surface area contributed by atoms with Crippen molar-refractivity contribution in [2.45, 2.75) is 26.0 Å². The monoisotopic (exact) mass is 205 g/mol. The van der Waals surface area contributed by atoms with Crippen LogP contribution in [0.5, 0.6) is 0 Å². The number of hydrogen-bond donors (Lipinski definition) is 2. The predicted molar refractivity (Wildman–Crippen MR) is 60.4 cm³/mol. The number of benzene rings is 1. The number of nitrogen functional groups attached to an aromatic ring is 1. The number of anilines is 1. The molecular weight excluding hydrogens is 190 g/mol. The molecule has 0 saturated heterocycles. The highest BCUT2D eigenvalue weighted by Gasteiger charge is 2.17. The van der Waals surface area contributed by atoms with Crippen molar-refractivity contribution in [1.29, 1.82) is 0 Å². The van der Waals surface area contributed by atoms with Crippen LogP contribution >= 0.6 is 0 Å². The molecule has 0 amide bonds. The molecule has 0 aliphatic rings. The third kappa shape index (κ3) is 1.94. The second-order valence-electron chi connectivity index (χ2n) is 4.36. The second kappa shape index (κ2) is 3.24. The fourth-order valence-corrected chi connectivity index (χ4v) is 1.65. The van der Waals surface area contributed by atoms with E-state index in [-0.39, 0.29) is 0 Å². The molecule has 1 heterocycles. The summed E-state index contributed by atoms with van der Waals surface area (Å²) in [5.74, 6) is 0.443. The van der Waals surface area contributed by atoms with Gasteiger partial charge in [0.1, 0.15) is 0 Å². The van der Waals surface area contributed by atoms with Gasteiger partial charge < -0.3 is 15.4 Å². The van der Waals surface area contributed by atoms with Gasteiger partial charge in [0.25, 0.3) is 0 Å². The van der Waals surface area contributed by atoms with Crippen LogP contribution in [0.2, 0.25) is 0 Å². The molecule has 0 fully saturated rings. The Kier molecular flexibility index (Phi) is 2.16. The van der Waals surface area contributed by atoms with Gasteiger partial charge in [0.2, 0.25) is 5.95 Å². The highest BCUT2D eigenvalue weighted by molar-refractivity contribution is 5.78. The number of hydrogen-bond acceptors (Lipinski definition) is 3. The predicted octanol–water partition coefficient (Wildman–Crippen LogP) is 1.39. The maximum atomic E-state index is 9.77. The SMILES string of the molecule is CC(C)(O)Cn1c(N)nc2ccccc21. The van der Waals surface area contributed by atoms with E-state index >= 15 is 0 Å². The van der Waals surface area contributed by atoms with Crippen molar-refractivity contribution >= 4 is 17.0 Å². The number of nitrogens with zero attached hydrogens (tertiary/aromatic N) is 2. The van der Waals surface area contributed by atoms with Gasteiger partial charge in [-0.1, -0.05) is 12.1 Å². The maximum Gasteiger partial charge on any atom is 0.201 e. The normalized spacial score (nSPS) is 12.2. The first kappa shape index (κ1) is 9.98. The van der Waals surface area contributed by atoms with Crippen LogP contribution in [-0.4, -0.2) is 20.3 Å². The summed E-state index contributed by atoms with van der Waals surface area (Å²) in [6, 6.07) is 7.71. The first-order chi connectivity index (χ1) is 6.97. The number of nitrogens with two attached hydrogens (primary N) is 1. The molecule has 0 aliphatic carbocycles. The lowest BCUT2D eigenvalue weighted by Gasteiger charge is -2.18. The number of aromatic nitrogens is 2. The van der Waals surface area contributed by atoms with Crippen LogP contribution in [0.1, 0.15) is 13.8 Å². The maximum absolute atomic E-state index is 9.77. The van der Waals surface area contributed by atoms with Gasteiger partial charge in [0.05, 0.1) is 23.2 Å². The number of imidazole rings is 1. The number of para-hydroxylation sites is 2. The summed E-state index contributed by atoms with van der Waals surface area (Å²) < 4.78 is 1.83. The van der Waals surface area contributed by atoms with E-state index in [4.69, 9.17) is 5.73 Å². The van der Waals surface area contributed by atoms with Gasteiger partial charge in [-0.3, -0.25) is 0 Å².